The van der Waals surface area contributed by atoms with Crippen LogP contribution in [0.4, 0.5) is 0 Å². The maximum Gasteiger partial charge on any atom is 0.0457 e. The van der Waals surface area contributed by atoms with Gasteiger partial charge in [-0.05, 0) is 31.0 Å². The number of aromatic amines is 1. The molecule has 2 aromatic rings. The van der Waals surface area contributed by atoms with Crippen LogP contribution in [0.3, 0.4) is 0 Å². The van der Waals surface area contributed by atoms with Crippen LogP contribution in [-0.4, -0.2) is 11.5 Å². The summed E-state index contributed by atoms with van der Waals surface area (Å²) in [6.07, 6.45) is 25.7. The molecule has 0 saturated carbocycles. The van der Waals surface area contributed by atoms with Crippen molar-refractivity contribution in [3.63, 3.8) is 0 Å². The van der Waals surface area contributed by atoms with E-state index in [1.54, 1.807) is 0 Å². The standard InChI is InChI=1S/C30H50N2/c1-4-5-6-7-8-9-10-11-12-13-14-15-16-17-18-19-22-31-27(3)24-28-25-32-30-21-20-26(2)23-29(28)30/h20-21,23,25,31-32H,3-19,22,24H2,1-2H3. The fourth-order valence-corrected chi connectivity index (χ4v) is 4.67. The predicted octanol–water partition coefficient (Wildman–Crippen LogP) is 9.38. The number of nitrogens with one attached hydrogen (secondary N) is 2. The van der Waals surface area contributed by atoms with Crippen molar-refractivity contribution >= 4 is 10.9 Å². The third-order valence-electron chi connectivity index (χ3n) is 6.73. The van der Waals surface area contributed by atoms with Crippen molar-refractivity contribution in [2.24, 2.45) is 0 Å². The first-order chi connectivity index (χ1) is 15.7. The summed E-state index contributed by atoms with van der Waals surface area (Å²) in [5.41, 5.74) is 5.00. The summed E-state index contributed by atoms with van der Waals surface area (Å²) < 4.78 is 0. The molecule has 2 heteroatoms. The number of unbranched alkanes of at least 4 members (excludes halogenated alkanes) is 15. The Morgan fingerprint density at radius 2 is 1.31 bits per heavy atom. The van der Waals surface area contributed by atoms with Crippen LogP contribution in [0.25, 0.3) is 10.9 Å². The lowest BCUT2D eigenvalue weighted by molar-refractivity contribution is 0.528. The van der Waals surface area contributed by atoms with Crippen molar-refractivity contribution < 1.29 is 0 Å². The number of rotatable bonds is 20. The second kappa shape index (κ2) is 16.9. The lowest BCUT2D eigenvalue weighted by Crippen LogP contribution is -2.15. The van der Waals surface area contributed by atoms with Crippen molar-refractivity contribution in [1.29, 1.82) is 0 Å². The van der Waals surface area contributed by atoms with Gasteiger partial charge in [0.25, 0.3) is 0 Å². The van der Waals surface area contributed by atoms with Crippen molar-refractivity contribution in [1.82, 2.24) is 10.3 Å². The molecule has 2 N–H and O–H groups in total. The molecule has 0 saturated heterocycles. The van der Waals surface area contributed by atoms with E-state index in [2.05, 4.69) is 55.1 Å². The van der Waals surface area contributed by atoms with Crippen LogP contribution < -0.4 is 5.32 Å². The predicted molar refractivity (Wildman–Crippen MR) is 143 cm³/mol. The van der Waals surface area contributed by atoms with Crippen molar-refractivity contribution in [3.05, 3.63) is 47.8 Å². The van der Waals surface area contributed by atoms with E-state index in [0.717, 1.165) is 18.7 Å². The molecule has 0 spiro atoms. The number of hydrogen-bond donors (Lipinski definition) is 2. The van der Waals surface area contributed by atoms with E-state index in [-0.39, 0.29) is 0 Å². The fourth-order valence-electron chi connectivity index (χ4n) is 4.67. The minimum absolute atomic E-state index is 0.905. The van der Waals surface area contributed by atoms with Crippen molar-refractivity contribution in [2.45, 2.75) is 123 Å². The van der Waals surface area contributed by atoms with Gasteiger partial charge in [0.15, 0.2) is 0 Å². The molecule has 0 aliphatic carbocycles. The highest BCUT2D eigenvalue weighted by Gasteiger charge is 2.05. The summed E-state index contributed by atoms with van der Waals surface area (Å²) in [6.45, 7) is 9.75. The smallest absolute Gasteiger partial charge is 0.0457 e. The molecule has 0 aliphatic heterocycles. The van der Waals surface area contributed by atoms with Crippen molar-refractivity contribution in [3.8, 4) is 0 Å². The summed E-state index contributed by atoms with van der Waals surface area (Å²) in [4.78, 5) is 3.38. The number of hydrogen-bond acceptors (Lipinski definition) is 1. The number of aromatic nitrogens is 1. The molecule has 0 amide bonds. The second-order valence-corrected chi connectivity index (χ2v) is 9.87. The maximum atomic E-state index is 4.24. The van der Waals surface area contributed by atoms with E-state index < -0.39 is 0 Å². The number of H-pyrrole nitrogens is 1. The van der Waals surface area contributed by atoms with Crippen LogP contribution in [-0.2, 0) is 6.42 Å². The Hall–Kier alpha value is -1.70. The summed E-state index contributed by atoms with van der Waals surface area (Å²) in [5, 5.41) is 4.87. The second-order valence-electron chi connectivity index (χ2n) is 9.87. The molecular weight excluding hydrogens is 388 g/mol. The topological polar surface area (TPSA) is 27.8 Å². The van der Waals surface area contributed by atoms with Gasteiger partial charge in [-0.15, -0.1) is 0 Å². The van der Waals surface area contributed by atoms with Gasteiger partial charge in [0.05, 0.1) is 0 Å². The maximum absolute atomic E-state index is 4.24. The molecule has 32 heavy (non-hydrogen) atoms. The molecule has 0 fully saturated rings. The first-order valence-corrected chi connectivity index (χ1v) is 13.7. The zero-order valence-electron chi connectivity index (χ0n) is 21.2. The molecular formula is C30H50N2. The van der Waals surface area contributed by atoms with Gasteiger partial charge >= 0.3 is 0 Å². The van der Waals surface area contributed by atoms with Gasteiger partial charge in [-0.25, -0.2) is 0 Å². The highest BCUT2D eigenvalue weighted by Crippen LogP contribution is 2.21. The SMILES string of the molecule is C=C(Cc1c[nH]c2ccc(C)cc12)NCCCCCCCCCCCCCCCCCC. The molecule has 1 aromatic carbocycles. The largest absolute Gasteiger partial charge is 0.389 e. The third-order valence-corrected chi connectivity index (χ3v) is 6.73. The molecule has 1 aromatic heterocycles. The molecule has 2 rings (SSSR count). The van der Waals surface area contributed by atoms with Crippen LogP contribution in [0.15, 0.2) is 36.7 Å². The lowest BCUT2D eigenvalue weighted by Gasteiger charge is -2.09. The van der Waals surface area contributed by atoms with E-state index in [4.69, 9.17) is 0 Å². The van der Waals surface area contributed by atoms with Gasteiger partial charge in [0.1, 0.15) is 0 Å². The average Bonchev–Trinajstić information content (AvgIpc) is 3.17. The molecule has 0 atom stereocenters. The van der Waals surface area contributed by atoms with Gasteiger partial charge in [0.2, 0.25) is 0 Å². The van der Waals surface area contributed by atoms with E-state index in [1.165, 1.54) is 125 Å². The number of fused-ring (bicyclic) bond motifs is 1. The lowest BCUT2D eigenvalue weighted by atomic mass is 10.0. The Kier molecular flexibility index (Phi) is 14.0. The average molecular weight is 439 g/mol. The Morgan fingerprint density at radius 3 is 1.88 bits per heavy atom. The molecule has 2 nitrogen and oxygen atoms in total. The highest BCUT2D eigenvalue weighted by molar-refractivity contribution is 5.84. The molecule has 0 radical (unpaired) electrons. The van der Waals surface area contributed by atoms with Crippen LogP contribution in [0, 0.1) is 6.92 Å². The highest BCUT2D eigenvalue weighted by atomic mass is 14.9. The Morgan fingerprint density at radius 1 is 0.781 bits per heavy atom. The van der Waals surface area contributed by atoms with E-state index >= 15 is 0 Å². The van der Waals surface area contributed by atoms with Crippen LogP contribution >= 0.6 is 0 Å². The first-order valence-electron chi connectivity index (χ1n) is 13.7. The molecule has 1 heterocycles. The van der Waals surface area contributed by atoms with E-state index in [1.807, 2.05) is 0 Å². The van der Waals surface area contributed by atoms with Crippen LogP contribution in [0.1, 0.15) is 121 Å². The number of benzene rings is 1. The van der Waals surface area contributed by atoms with Crippen LogP contribution in [0.2, 0.25) is 0 Å². The van der Waals surface area contributed by atoms with Gasteiger partial charge in [0, 0.05) is 35.8 Å². The molecule has 0 unspecified atom stereocenters. The minimum atomic E-state index is 0.905. The Bertz CT molecular complexity index is 742. The monoisotopic (exact) mass is 438 g/mol. The third kappa shape index (κ3) is 11.2. The van der Waals surface area contributed by atoms with Crippen molar-refractivity contribution in [2.75, 3.05) is 6.54 Å². The Labute approximate surface area is 198 Å². The zero-order valence-corrected chi connectivity index (χ0v) is 21.2. The zero-order chi connectivity index (χ0) is 22.9. The summed E-state index contributed by atoms with van der Waals surface area (Å²) in [7, 11) is 0. The Balaban J connectivity index is 1.36. The van der Waals surface area contributed by atoms with Gasteiger partial charge < -0.3 is 10.3 Å². The van der Waals surface area contributed by atoms with Crippen LogP contribution in [0.5, 0.6) is 0 Å². The van der Waals surface area contributed by atoms with Gasteiger partial charge in [-0.1, -0.05) is 121 Å². The molecule has 180 valence electrons. The number of allylic oxidation sites excluding steroid dienone is 1. The summed E-state index contributed by atoms with van der Waals surface area (Å²) in [5.74, 6) is 0. The summed E-state index contributed by atoms with van der Waals surface area (Å²) in [6, 6.07) is 6.60. The van der Waals surface area contributed by atoms with Gasteiger partial charge in [-0.3, -0.25) is 0 Å². The molecule has 0 bridgehead atoms. The quantitative estimate of drug-likeness (QED) is 0.198. The summed E-state index contributed by atoms with van der Waals surface area (Å²) >= 11 is 0. The van der Waals surface area contributed by atoms with Gasteiger partial charge in [-0.2, -0.15) is 0 Å². The minimum Gasteiger partial charge on any atom is -0.389 e. The molecule has 0 aliphatic rings. The fraction of sp³-hybridized carbons (Fsp3) is 0.667. The van der Waals surface area contributed by atoms with E-state index in [0.29, 0.717) is 0 Å². The number of aryl methyl sites for hydroxylation is 1. The van der Waals surface area contributed by atoms with E-state index in [9.17, 15) is 0 Å². The first kappa shape index (κ1) is 26.6. The normalized spacial score (nSPS) is 11.3.